The van der Waals surface area contributed by atoms with E-state index in [1.165, 1.54) is 6.07 Å². The van der Waals surface area contributed by atoms with Crippen LogP contribution in [0.3, 0.4) is 0 Å². The molecule has 1 rings (SSSR count). The highest BCUT2D eigenvalue weighted by Crippen LogP contribution is 2.14. The van der Waals surface area contributed by atoms with Crippen molar-refractivity contribution < 1.29 is 13.2 Å². The van der Waals surface area contributed by atoms with E-state index in [1.54, 1.807) is 25.1 Å². The van der Waals surface area contributed by atoms with Crippen molar-refractivity contribution in [2.75, 3.05) is 5.88 Å². The van der Waals surface area contributed by atoms with Gasteiger partial charge in [0.25, 0.3) is 0 Å². The van der Waals surface area contributed by atoms with Crippen LogP contribution < -0.4 is 5.32 Å². The molecule has 0 fully saturated rings. The minimum atomic E-state index is -3.48. The number of hydrogen-bond donors (Lipinski definition) is 1. The second-order valence-corrected chi connectivity index (χ2v) is 5.23. The summed E-state index contributed by atoms with van der Waals surface area (Å²) in [5, 5.41) is 2.25. The molecule has 1 amide bonds. The second-order valence-electron chi connectivity index (χ2n) is 3.27. The summed E-state index contributed by atoms with van der Waals surface area (Å²) in [4.78, 5) is 11.1. The van der Waals surface area contributed by atoms with Gasteiger partial charge in [0.15, 0.2) is 9.84 Å². The summed E-state index contributed by atoms with van der Waals surface area (Å²) in [6.07, 6.45) is 1.04. The van der Waals surface area contributed by atoms with E-state index in [0.717, 1.165) is 6.08 Å². The first kappa shape index (κ1) is 12.4. The lowest BCUT2D eigenvalue weighted by molar-refractivity contribution is -0.116. The molecule has 0 aliphatic rings. The van der Waals surface area contributed by atoms with Gasteiger partial charge in [-0.3, -0.25) is 4.79 Å². The quantitative estimate of drug-likeness (QED) is 0.798. The van der Waals surface area contributed by atoms with Crippen LogP contribution in [0.25, 0.3) is 0 Å². The van der Waals surface area contributed by atoms with Crippen LogP contribution in [0.2, 0.25) is 0 Å². The fourth-order valence-electron chi connectivity index (χ4n) is 1.22. The molecule has 4 nitrogen and oxygen atoms in total. The predicted octanol–water partition coefficient (Wildman–Crippen LogP) is 1.03. The molecule has 1 aromatic carbocycles. The van der Waals surface area contributed by atoms with Gasteiger partial charge in [-0.25, -0.2) is 8.42 Å². The van der Waals surface area contributed by atoms with Crippen molar-refractivity contribution in [3.8, 4) is 0 Å². The zero-order valence-electron chi connectivity index (χ0n) is 8.93. The van der Waals surface area contributed by atoms with Crippen LogP contribution in [0.4, 0.5) is 0 Å². The van der Waals surface area contributed by atoms with E-state index >= 15 is 0 Å². The summed E-state index contributed by atoms with van der Waals surface area (Å²) in [5.41, 5.74) is 0.662. The number of sulfone groups is 1. The van der Waals surface area contributed by atoms with Gasteiger partial charge in [-0.1, -0.05) is 24.8 Å². The van der Waals surface area contributed by atoms with Gasteiger partial charge in [0.2, 0.25) is 5.91 Å². The predicted molar refractivity (Wildman–Crippen MR) is 61.6 cm³/mol. The van der Waals surface area contributed by atoms with Gasteiger partial charge >= 0.3 is 0 Å². The first-order valence-corrected chi connectivity index (χ1v) is 6.31. The van der Waals surface area contributed by atoms with Gasteiger partial charge in [-0.05, 0) is 24.6 Å². The van der Waals surface area contributed by atoms with Crippen LogP contribution in [0, 0.1) is 6.92 Å². The Balaban J connectivity index is 2.91. The number of nitrogens with one attached hydrogen (secondary N) is 1. The van der Waals surface area contributed by atoms with E-state index in [2.05, 4.69) is 11.9 Å². The highest BCUT2D eigenvalue weighted by atomic mass is 32.2. The molecule has 0 saturated carbocycles. The second kappa shape index (κ2) is 4.94. The third-order valence-electron chi connectivity index (χ3n) is 2.05. The molecule has 0 aliphatic heterocycles. The molecule has 5 heteroatoms. The summed E-state index contributed by atoms with van der Waals surface area (Å²) in [6, 6.07) is 6.64. The van der Waals surface area contributed by atoms with Gasteiger partial charge in [0.1, 0.15) is 5.88 Å². The number of carbonyl (C=O) groups excluding carboxylic acids is 1. The lowest BCUT2D eigenvalue weighted by Gasteiger charge is -2.07. The van der Waals surface area contributed by atoms with E-state index < -0.39 is 21.6 Å². The minimum absolute atomic E-state index is 0.236. The summed E-state index contributed by atoms with van der Waals surface area (Å²) in [5.74, 6) is -0.917. The van der Waals surface area contributed by atoms with E-state index in [1.807, 2.05) is 0 Å². The van der Waals surface area contributed by atoms with E-state index in [-0.39, 0.29) is 4.90 Å². The zero-order valence-corrected chi connectivity index (χ0v) is 9.75. The van der Waals surface area contributed by atoms with Crippen molar-refractivity contribution in [2.45, 2.75) is 11.8 Å². The standard InChI is InChI=1S/C11H13NO3S/c1-3-11(13)12-8-16(14,15)10-7-5-4-6-9(10)2/h3-7H,1,8H2,2H3,(H,12,13). The molecule has 1 N–H and O–H groups in total. The average molecular weight is 239 g/mol. The first-order valence-electron chi connectivity index (χ1n) is 4.66. The Morgan fingerprint density at radius 2 is 2.06 bits per heavy atom. The Bertz CT molecular complexity index is 506. The monoisotopic (exact) mass is 239 g/mol. The molecule has 0 aromatic heterocycles. The van der Waals surface area contributed by atoms with Crippen molar-refractivity contribution >= 4 is 15.7 Å². The molecule has 16 heavy (non-hydrogen) atoms. The number of carbonyl (C=O) groups is 1. The molecule has 0 atom stereocenters. The maximum Gasteiger partial charge on any atom is 0.244 e. The Hall–Kier alpha value is -1.62. The topological polar surface area (TPSA) is 63.2 Å². The molecule has 0 aliphatic carbocycles. The third-order valence-corrected chi connectivity index (χ3v) is 3.70. The summed E-state index contributed by atoms with van der Waals surface area (Å²) in [7, 11) is -3.48. The lowest BCUT2D eigenvalue weighted by atomic mass is 10.2. The zero-order chi connectivity index (χ0) is 12.2. The van der Waals surface area contributed by atoms with Crippen LogP contribution in [0.15, 0.2) is 41.8 Å². The molecule has 0 saturated heterocycles. The summed E-state index contributed by atoms with van der Waals surface area (Å²) in [6.45, 7) is 4.96. The Labute approximate surface area is 94.9 Å². The van der Waals surface area contributed by atoms with Crippen molar-refractivity contribution in [1.29, 1.82) is 0 Å². The highest BCUT2D eigenvalue weighted by molar-refractivity contribution is 7.91. The van der Waals surface area contributed by atoms with Crippen molar-refractivity contribution in [1.82, 2.24) is 5.32 Å². The van der Waals surface area contributed by atoms with Crippen LogP contribution in [0.5, 0.6) is 0 Å². The maximum absolute atomic E-state index is 11.8. The largest absolute Gasteiger partial charge is 0.338 e. The van der Waals surface area contributed by atoms with Gasteiger partial charge in [0, 0.05) is 0 Å². The Morgan fingerprint density at radius 3 is 2.62 bits per heavy atom. The summed E-state index contributed by atoms with van der Waals surface area (Å²) >= 11 is 0. The van der Waals surface area contributed by atoms with E-state index in [9.17, 15) is 13.2 Å². The third kappa shape index (κ3) is 2.93. The van der Waals surface area contributed by atoms with Crippen LogP contribution in [0.1, 0.15) is 5.56 Å². The van der Waals surface area contributed by atoms with Crippen LogP contribution in [-0.4, -0.2) is 20.2 Å². The minimum Gasteiger partial charge on any atom is -0.338 e. The number of amides is 1. The fourth-order valence-corrected chi connectivity index (χ4v) is 2.55. The van der Waals surface area contributed by atoms with E-state index in [0.29, 0.717) is 5.56 Å². The van der Waals surface area contributed by atoms with Crippen molar-refractivity contribution in [3.63, 3.8) is 0 Å². The van der Waals surface area contributed by atoms with Gasteiger partial charge < -0.3 is 5.32 Å². The highest BCUT2D eigenvalue weighted by Gasteiger charge is 2.16. The molecule has 0 heterocycles. The molecule has 0 spiro atoms. The van der Waals surface area contributed by atoms with Crippen LogP contribution in [-0.2, 0) is 14.6 Å². The van der Waals surface area contributed by atoms with Gasteiger partial charge in [-0.15, -0.1) is 0 Å². The number of rotatable bonds is 4. The molecule has 0 bridgehead atoms. The fraction of sp³-hybridized carbons (Fsp3) is 0.182. The van der Waals surface area contributed by atoms with Gasteiger partial charge in [-0.2, -0.15) is 0 Å². The molecule has 1 aromatic rings. The Kier molecular flexibility index (Phi) is 3.84. The van der Waals surface area contributed by atoms with Gasteiger partial charge in [0.05, 0.1) is 4.90 Å². The first-order chi connectivity index (χ1) is 7.47. The smallest absolute Gasteiger partial charge is 0.244 e. The SMILES string of the molecule is C=CC(=O)NCS(=O)(=O)c1ccccc1C. The van der Waals surface area contributed by atoms with E-state index in [4.69, 9.17) is 0 Å². The average Bonchev–Trinajstić information content (AvgIpc) is 2.26. The number of benzene rings is 1. The Morgan fingerprint density at radius 1 is 1.44 bits per heavy atom. The molecule has 0 radical (unpaired) electrons. The normalized spacial score (nSPS) is 10.8. The van der Waals surface area contributed by atoms with Crippen molar-refractivity contribution in [3.05, 3.63) is 42.5 Å². The lowest BCUT2D eigenvalue weighted by Crippen LogP contribution is -2.28. The molecule has 86 valence electrons. The van der Waals surface area contributed by atoms with Crippen molar-refractivity contribution in [2.24, 2.45) is 0 Å². The molecule has 0 unspecified atom stereocenters. The molecular formula is C11H13NO3S. The molecular weight excluding hydrogens is 226 g/mol. The van der Waals surface area contributed by atoms with Crippen LogP contribution >= 0.6 is 0 Å². The summed E-state index contributed by atoms with van der Waals surface area (Å²) < 4.78 is 23.6. The number of hydrogen-bond acceptors (Lipinski definition) is 3. The maximum atomic E-state index is 11.8. The number of aryl methyl sites for hydroxylation is 1.